The Balaban J connectivity index is 1.71. The van der Waals surface area contributed by atoms with Gasteiger partial charge in [0.2, 0.25) is 5.91 Å². The Morgan fingerprint density at radius 3 is 1.72 bits per heavy atom. The third kappa shape index (κ3) is 11.4. The van der Waals surface area contributed by atoms with Crippen LogP contribution >= 0.6 is 0 Å². The summed E-state index contributed by atoms with van der Waals surface area (Å²) in [5, 5.41) is 0. The quantitative estimate of drug-likeness (QED) is 0.145. The number of rotatable bonds is 21. The van der Waals surface area contributed by atoms with Gasteiger partial charge >= 0.3 is 0 Å². The third-order valence-corrected chi connectivity index (χ3v) is 9.45. The lowest BCUT2D eigenvalue weighted by molar-refractivity contribution is -0.141. The molecule has 0 N–H and O–H groups in total. The minimum absolute atomic E-state index is 0.288. The van der Waals surface area contributed by atoms with Crippen molar-refractivity contribution < 1.29 is 4.79 Å². The minimum atomic E-state index is 0.288. The van der Waals surface area contributed by atoms with Crippen molar-refractivity contribution in [1.82, 2.24) is 9.80 Å². The van der Waals surface area contributed by atoms with E-state index in [0.717, 1.165) is 31.8 Å². The maximum absolute atomic E-state index is 13.4. The molecule has 0 saturated carbocycles. The molecule has 36 heavy (non-hydrogen) atoms. The average molecular weight is 505 g/mol. The minimum Gasteiger partial charge on any atom is -0.342 e. The largest absolute Gasteiger partial charge is 0.342 e. The Morgan fingerprint density at radius 1 is 0.639 bits per heavy atom. The third-order valence-electron chi connectivity index (χ3n) is 9.45. The number of unbranched alkanes of at least 4 members (excludes halogenated alkanes) is 9. The Bertz CT molecular complexity index is 546. The van der Waals surface area contributed by atoms with Gasteiger partial charge in [-0.1, -0.05) is 124 Å². The molecule has 2 rings (SSSR count). The van der Waals surface area contributed by atoms with Crippen molar-refractivity contribution in [3.05, 3.63) is 0 Å². The number of likely N-dealkylation sites (tertiary alicyclic amines) is 2. The van der Waals surface area contributed by atoms with Crippen molar-refractivity contribution in [2.75, 3.05) is 32.7 Å². The zero-order valence-corrected chi connectivity index (χ0v) is 25.1. The van der Waals surface area contributed by atoms with Crippen LogP contribution in [0.3, 0.4) is 0 Å². The van der Waals surface area contributed by atoms with Crippen molar-refractivity contribution in [3.8, 4) is 0 Å². The van der Waals surface area contributed by atoms with E-state index in [2.05, 4.69) is 37.5 Å². The topological polar surface area (TPSA) is 23.6 Å². The summed E-state index contributed by atoms with van der Waals surface area (Å²) < 4.78 is 0. The SMILES string of the molecule is CCCCCCC(CCCCC)CCN1CC2(CCN(C(=O)C(CCCC)CCCCCC)CC2)C1. The number of hydrogen-bond donors (Lipinski definition) is 0. The van der Waals surface area contributed by atoms with Gasteiger partial charge < -0.3 is 9.80 Å². The highest BCUT2D eigenvalue weighted by atomic mass is 16.2. The Labute approximate surface area is 226 Å². The normalized spacial score (nSPS) is 19.4. The van der Waals surface area contributed by atoms with Crippen LogP contribution < -0.4 is 0 Å². The number of hydrogen-bond acceptors (Lipinski definition) is 2. The summed E-state index contributed by atoms with van der Waals surface area (Å²) in [4.78, 5) is 18.4. The molecule has 212 valence electrons. The molecular weight excluding hydrogens is 440 g/mol. The molecule has 2 heterocycles. The average Bonchev–Trinajstić information content (AvgIpc) is 2.87. The van der Waals surface area contributed by atoms with Crippen LogP contribution in [0.15, 0.2) is 0 Å². The Morgan fingerprint density at radius 2 is 1.14 bits per heavy atom. The number of piperidine rings is 1. The van der Waals surface area contributed by atoms with Crippen LogP contribution in [0.2, 0.25) is 0 Å². The molecule has 1 spiro atoms. The van der Waals surface area contributed by atoms with Gasteiger partial charge in [-0.2, -0.15) is 0 Å². The molecule has 3 heteroatoms. The first-order valence-electron chi connectivity index (χ1n) is 16.6. The smallest absolute Gasteiger partial charge is 0.225 e. The lowest BCUT2D eigenvalue weighted by atomic mass is 9.71. The van der Waals surface area contributed by atoms with Crippen LogP contribution in [0.5, 0.6) is 0 Å². The highest BCUT2D eigenvalue weighted by Gasteiger charge is 2.45. The van der Waals surface area contributed by atoms with Gasteiger partial charge in [0.05, 0.1) is 0 Å². The van der Waals surface area contributed by atoms with Gasteiger partial charge in [0.1, 0.15) is 0 Å². The first kappa shape index (κ1) is 31.6. The summed E-state index contributed by atoms with van der Waals surface area (Å²) in [6.45, 7) is 15.1. The van der Waals surface area contributed by atoms with Crippen LogP contribution in [0.1, 0.15) is 156 Å². The van der Waals surface area contributed by atoms with Crippen LogP contribution in [-0.4, -0.2) is 48.4 Å². The van der Waals surface area contributed by atoms with Crippen LogP contribution in [0.25, 0.3) is 0 Å². The van der Waals surface area contributed by atoms with Gasteiger partial charge in [-0.05, 0) is 50.0 Å². The van der Waals surface area contributed by atoms with Crippen molar-refractivity contribution in [2.24, 2.45) is 17.3 Å². The van der Waals surface area contributed by atoms with Crippen LogP contribution in [-0.2, 0) is 4.79 Å². The molecule has 3 nitrogen and oxygen atoms in total. The summed E-state index contributed by atoms with van der Waals surface area (Å²) in [5.74, 6) is 1.72. The molecule has 0 aliphatic carbocycles. The zero-order chi connectivity index (χ0) is 26.1. The molecular formula is C33H64N2O. The van der Waals surface area contributed by atoms with E-state index in [4.69, 9.17) is 0 Å². The second-order valence-electron chi connectivity index (χ2n) is 12.7. The van der Waals surface area contributed by atoms with E-state index in [0.29, 0.717) is 11.3 Å². The highest BCUT2D eigenvalue weighted by molar-refractivity contribution is 5.79. The zero-order valence-electron chi connectivity index (χ0n) is 25.1. The summed E-state index contributed by atoms with van der Waals surface area (Å²) in [5.41, 5.74) is 0.523. The van der Waals surface area contributed by atoms with E-state index < -0.39 is 0 Å². The van der Waals surface area contributed by atoms with Crippen molar-refractivity contribution >= 4 is 5.91 Å². The predicted molar refractivity (Wildman–Crippen MR) is 157 cm³/mol. The molecule has 2 saturated heterocycles. The fourth-order valence-electron chi connectivity index (χ4n) is 6.84. The number of nitrogens with zero attached hydrogens (tertiary/aromatic N) is 2. The number of carbonyl (C=O) groups excluding carboxylic acids is 1. The lowest BCUT2D eigenvalue weighted by Gasteiger charge is -2.54. The fourth-order valence-corrected chi connectivity index (χ4v) is 6.84. The summed E-state index contributed by atoms with van der Waals surface area (Å²) in [6, 6.07) is 0. The van der Waals surface area contributed by atoms with E-state index in [1.54, 1.807) is 0 Å². The molecule has 2 atom stereocenters. The Hall–Kier alpha value is -0.570. The molecule has 0 bridgehead atoms. The van der Waals surface area contributed by atoms with Gasteiger partial charge in [0.25, 0.3) is 0 Å². The standard InChI is InChI=1S/C33H64N2O/c1-5-9-13-16-19-30(18-15-11-7-3)22-25-34-28-33(29-34)23-26-35(27-24-33)32(36)31(20-12-8-4)21-17-14-10-6-2/h30-31H,5-29H2,1-4H3. The number of amides is 1. The molecule has 0 aromatic rings. The van der Waals surface area contributed by atoms with E-state index in [-0.39, 0.29) is 5.92 Å². The second kappa shape index (κ2) is 18.6. The molecule has 2 aliphatic heterocycles. The maximum Gasteiger partial charge on any atom is 0.225 e. The molecule has 0 radical (unpaired) electrons. The maximum atomic E-state index is 13.4. The molecule has 0 aromatic carbocycles. The first-order valence-corrected chi connectivity index (χ1v) is 16.6. The molecule has 1 amide bonds. The van der Waals surface area contributed by atoms with Crippen molar-refractivity contribution in [3.63, 3.8) is 0 Å². The first-order chi connectivity index (χ1) is 17.6. The Kier molecular flexibility index (Phi) is 16.4. The fraction of sp³-hybridized carbons (Fsp3) is 0.970. The summed E-state index contributed by atoms with van der Waals surface area (Å²) in [6.07, 6.45) is 26.4. The van der Waals surface area contributed by atoms with Gasteiger partial charge in [-0.25, -0.2) is 0 Å². The summed E-state index contributed by atoms with van der Waals surface area (Å²) >= 11 is 0. The van der Waals surface area contributed by atoms with E-state index in [1.165, 1.54) is 135 Å². The van der Waals surface area contributed by atoms with E-state index in [9.17, 15) is 4.79 Å². The van der Waals surface area contributed by atoms with Crippen LogP contribution in [0.4, 0.5) is 0 Å². The van der Waals surface area contributed by atoms with E-state index in [1.807, 2.05) is 0 Å². The van der Waals surface area contributed by atoms with Gasteiger partial charge in [-0.15, -0.1) is 0 Å². The van der Waals surface area contributed by atoms with Crippen molar-refractivity contribution in [1.29, 1.82) is 0 Å². The predicted octanol–water partition coefficient (Wildman–Crippen LogP) is 9.24. The van der Waals surface area contributed by atoms with E-state index >= 15 is 0 Å². The second-order valence-corrected chi connectivity index (χ2v) is 12.7. The molecule has 0 aromatic heterocycles. The monoisotopic (exact) mass is 505 g/mol. The lowest BCUT2D eigenvalue weighted by Crippen LogP contribution is -2.61. The van der Waals surface area contributed by atoms with Crippen molar-refractivity contribution in [2.45, 2.75) is 156 Å². The summed E-state index contributed by atoms with van der Waals surface area (Å²) in [7, 11) is 0. The van der Waals surface area contributed by atoms with Gasteiger partial charge in [0, 0.05) is 32.1 Å². The molecule has 2 unspecified atom stereocenters. The highest BCUT2D eigenvalue weighted by Crippen LogP contribution is 2.41. The van der Waals surface area contributed by atoms with Gasteiger partial charge in [0.15, 0.2) is 0 Å². The van der Waals surface area contributed by atoms with Gasteiger partial charge in [-0.3, -0.25) is 4.79 Å². The molecule has 2 fully saturated rings. The van der Waals surface area contributed by atoms with Crippen LogP contribution in [0, 0.1) is 17.3 Å². The number of carbonyl (C=O) groups is 1. The molecule has 2 aliphatic rings.